The molecule has 0 amide bonds. The molecule has 0 saturated carbocycles. The highest BCUT2D eigenvalue weighted by molar-refractivity contribution is 7.26. The smallest absolute Gasteiger partial charge is 0.124 e. The Morgan fingerprint density at radius 3 is 2.44 bits per heavy atom. The third-order valence-corrected chi connectivity index (χ3v) is 8.96. The van der Waals surface area contributed by atoms with Crippen molar-refractivity contribution in [2.45, 2.75) is 13.1 Å². The zero-order valence-corrected chi connectivity index (χ0v) is 12.7. The van der Waals surface area contributed by atoms with Crippen LogP contribution in [0.25, 0.3) is 6.08 Å². The topological polar surface area (TPSA) is 0 Å². The maximum Gasteiger partial charge on any atom is 0.124 e. The lowest BCUT2D eigenvalue weighted by atomic mass is 10.2. The zero-order chi connectivity index (χ0) is 13.0. The fraction of sp³-hybridized carbons (Fsp3) is 0.125. The van der Waals surface area contributed by atoms with Gasteiger partial charge in [0.05, 0.1) is 0 Å². The van der Waals surface area contributed by atoms with Gasteiger partial charge in [0.1, 0.15) is 8.07 Å². The molecule has 0 bridgehead atoms. The van der Waals surface area contributed by atoms with Gasteiger partial charge in [-0.1, -0.05) is 79.5 Å². The Hall–Kier alpha value is -1.38. The van der Waals surface area contributed by atoms with Crippen molar-refractivity contribution in [2.75, 3.05) is 0 Å². The normalized spacial score (nSPS) is 11.9. The molecule has 0 nitrogen and oxygen atoms in total. The van der Waals surface area contributed by atoms with Crippen molar-refractivity contribution in [1.82, 2.24) is 0 Å². The Kier molecular flexibility index (Phi) is 3.99. The molecule has 0 atom stereocenters. The monoisotopic (exact) mass is 270 g/mol. The van der Waals surface area contributed by atoms with Crippen LogP contribution in [0.4, 0.5) is 0 Å². The van der Waals surface area contributed by atoms with Gasteiger partial charge in [-0.25, -0.2) is 0 Å². The lowest BCUT2D eigenvalue weighted by Gasteiger charge is -2.21. The molecule has 18 heavy (non-hydrogen) atoms. The van der Waals surface area contributed by atoms with Crippen LogP contribution in [-0.2, 0) is 0 Å². The predicted molar refractivity (Wildman–Crippen MR) is 86.1 cm³/mol. The quantitative estimate of drug-likeness (QED) is 0.568. The van der Waals surface area contributed by atoms with Crippen molar-refractivity contribution < 1.29 is 0 Å². The molecule has 0 saturated heterocycles. The van der Waals surface area contributed by atoms with E-state index >= 15 is 0 Å². The van der Waals surface area contributed by atoms with Crippen LogP contribution in [0, 0.1) is 0 Å². The average molecular weight is 270 g/mol. The summed E-state index contributed by atoms with van der Waals surface area (Å²) in [6, 6.07) is 14.7. The van der Waals surface area contributed by atoms with Crippen molar-refractivity contribution in [3.63, 3.8) is 0 Å². The van der Waals surface area contributed by atoms with Crippen molar-refractivity contribution >= 4 is 30.0 Å². The summed E-state index contributed by atoms with van der Waals surface area (Å²) in [7, 11) is -1.55. The molecule has 0 N–H and O–H groups in total. The maximum atomic E-state index is 4.28. The summed E-state index contributed by atoms with van der Waals surface area (Å²) in [6.45, 7) is 8.99. The van der Waals surface area contributed by atoms with Gasteiger partial charge in [0.15, 0.2) is 0 Å². The van der Waals surface area contributed by atoms with Gasteiger partial charge in [-0.15, -0.1) is 0 Å². The van der Waals surface area contributed by atoms with Crippen molar-refractivity contribution in [1.29, 1.82) is 0 Å². The highest BCUT2D eigenvalue weighted by atomic mass is 32.1. The molecule has 0 spiro atoms. The SMILES string of the molecule is C=C(/C=C/c1ccccc1)[Si](C)(C)c1cccs1. The second-order valence-corrected chi connectivity index (χ2v) is 10.6. The first-order valence-corrected chi connectivity index (χ1v) is 9.95. The van der Waals surface area contributed by atoms with Crippen LogP contribution < -0.4 is 4.50 Å². The van der Waals surface area contributed by atoms with E-state index < -0.39 is 8.07 Å². The molecule has 0 fully saturated rings. The molecular formula is C16H18SSi. The summed E-state index contributed by atoms with van der Waals surface area (Å²) in [5.41, 5.74) is 1.23. The summed E-state index contributed by atoms with van der Waals surface area (Å²) in [5.74, 6) is 0. The van der Waals surface area contributed by atoms with Crippen LogP contribution in [0.5, 0.6) is 0 Å². The van der Waals surface area contributed by atoms with E-state index in [-0.39, 0.29) is 0 Å². The van der Waals surface area contributed by atoms with E-state index in [0.29, 0.717) is 0 Å². The average Bonchev–Trinajstić information content (AvgIpc) is 2.91. The highest BCUT2D eigenvalue weighted by Crippen LogP contribution is 2.18. The highest BCUT2D eigenvalue weighted by Gasteiger charge is 2.26. The van der Waals surface area contributed by atoms with Gasteiger partial charge >= 0.3 is 0 Å². The molecule has 1 aromatic heterocycles. The first-order chi connectivity index (χ1) is 8.60. The maximum absolute atomic E-state index is 4.28. The van der Waals surface area contributed by atoms with Gasteiger partial charge in [0, 0.05) is 0 Å². The number of benzene rings is 1. The Morgan fingerprint density at radius 2 is 1.83 bits per heavy atom. The Morgan fingerprint density at radius 1 is 1.11 bits per heavy atom. The summed E-state index contributed by atoms with van der Waals surface area (Å²) in [5, 5.41) is 3.42. The third-order valence-electron chi connectivity index (χ3n) is 3.22. The first kappa shape index (κ1) is 13.1. The summed E-state index contributed by atoms with van der Waals surface area (Å²) < 4.78 is 1.49. The molecule has 0 aliphatic rings. The number of rotatable bonds is 4. The Labute approximate surface area is 114 Å². The van der Waals surface area contributed by atoms with Crippen LogP contribution in [0.3, 0.4) is 0 Å². The van der Waals surface area contributed by atoms with E-state index in [1.807, 2.05) is 17.4 Å². The number of thiophene rings is 1. The molecule has 0 radical (unpaired) electrons. The fourth-order valence-electron chi connectivity index (χ4n) is 1.76. The minimum absolute atomic E-state index is 1.23. The standard InChI is InChI=1S/C16H18SSi/c1-14(11-12-15-8-5-4-6-9-15)18(2,3)16-10-7-13-17-16/h4-13H,1H2,2-3H3/b12-11+. The van der Waals surface area contributed by atoms with E-state index in [9.17, 15) is 0 Å². The van der Waals surface area contributed by atoms with Crippen LogP contribution in [0.15, 0.2) is 65.7 Å². The van der Waals surface area contributed by atoms with Crippen LogP contribution in [-0.4, -0.2) is 8.07 Å². The Bertz CT molecular complexity index is 536. The molecule has 1 aromatic carbocycles. The third kappa shape index (κ3) is 2.89. The van der Waals surface area contributed by atoms with Gasteiger partial charge in [0.2, 0.25) is 0 Å². The zero-order valence-electron chi connectivity index (χ0n) is 10.9. The van der Waals surface area contributed by atoms with E-state index in [1.54, 1.807) is 0 Å². The van der Waals surface area contributed by atoms with Gasteiger partial charge in [0.25, 0.3) is 0 Å². The molecule has 0 aliphatic carbocycles. The van der Waals surface area contributed by atoms with Gasteiger partial charge in [-0.05, 0) is 15.4 Å². The van der Waals surface area contributed by atoms with E-state index in [4.69, 9.17) is 0 Å². The van der Waals surface area contributed by atoms with Crippen molar-refractivity contribution in [3.05, 3.63) is 71.3 Å². The second-order valence-electron chi connectivity index (χ2n) is 4.87. The fourth-order valence-corrected chi connectivity index (χ4v) is 5.33. The van der Waals surface area contributed by atoms with Crippen LogP contribution in [0.1, 0.15) is 5.56 Å². The molecule has 2 rings (SSSR count). The second kappa shape index (κ2) is 5.51. The van der Waals surface area contributed by atoms with Gasteiger partial charge in [-0.3, -0.25) is 0 Å². The molecule has 1 heterocycles. The summed E-state index contributed by atoms with van der Waals surface area (Å²) >= 11 is 1.85. The van der Waals surface area contributed by atoms with Crippen molar-refractivity contribution in [2.24, 2.45) is 0 Å². The summed E-state index contributed by atoms with van der Waals surface area (Å²) in [6.07, 6.45) is 4.34. The van der Waals surface area contributed by atoms with Gasteiger partial charge < -0.3 is 0 Å². The minimum Gasteiger partial charge on any atom is -0.153 e. The first-order valence-electron chi connectivity index (χ1n) is 6.07. The number of allylic oxidation sites excluding steroid dienone is 2. The summed E-state index contributed by atoms with van der Waals surface area (Å²) in [4.78, 5) is 0. The lowest BCUT2D eigenvalue weighted by molar-refractivity contribution is 1.65. The molecule has 0 unspecified atom stereocenters. The van der Waals surface area contributed by atoms with Crippen LogP contribution in [0.2, 0.25) is 13.1 Å². The Balaban J connectivity index is 2.15. The molecular weight excluding hydrogens is 252 g/mol. The number of hydrogen-bond acceptors (Lipinski definition) is 1. The number of hydrogen-bond donors (Lipinski definition) is 0. The van der Waals surface area contributed by atoms with E-state index in [0.717, 1.165) is 0 Å². The molecule has 92 valence electrons. The predicted octanol–water partition coefficient (Wildman–Crippen LogP) is 4.47. The molecule has 0 aliphatic heterocycles. The van der Waals surface area contributed by atoms with E-state index in [2.05, 4.69) is 73.6 Å². The molecule has 2 aromatic rings. The lowest BCUT2D eigenvalue weighted by Crippen LogP contribution is -2.40. The largest absolute Gasteiger partial charge is 0.153 e. The van der Waals surface area contributed by atoms with E-state index in [1.165, 1.54) is 15.3 Å². The minimum atomic E-state index is -1.55. The molecule has 2 heteroatoms. The van der Waals surface area contributed by atoms with Gasteiger partial charge in [-0.2, -0.15) is 11.3 Å². The van der Waals surface area contributed by atoms with Crippen molar-refractivity contribution in [3.8, 4) is 0 Å². The van der Waals surface area contributed by atoms with Crippen LogP contribution >= 0.6 is 11.3 Å².